The third-order valence-electron chi connectivity index (χ3n) is 4.68. The number of carbonyl (C=O) groups excluding carboxylic acids is 1. The van der Waals surface area contributed by atoms with Gasteiger partial charge < -0.3 is 9.47 Å². The van der Waals surface area contributed by atoms with Crippen molar-refractivity contribution in [2.24, 2.45) is 4.99 Å². The normalized spacial score (nSPS) is 16.1. The lowest BCUT2D eigenvalue weighted by Crippen LogP contribution is -2.28. The van der Waals surface area contributed by atoms with Crippen LogP contribution in [0.4, 0.5) is 11.4 Å². The van der Waals surface area contributed by atoms with Gasteiger partial charge in [0.25, 0.3) is 5.91 Å². The van der Waals surface area contributed by atoms with Gasteiger partial charge in [0.15, 0.2) is 5.17 Å². The van der Waals surface area contributed by atoms with E-state index in [0.717, 1.165) is 28.4 Å². The minimum atomic E-state index is -0.104. The Bertz CT molecular complexity index is 1120. The van der Waals surface area contributed by atoms with Crippen molar-refractivity contribution in [1.82, 2.24) is 0 Å². The fourth-order valence-electron chi connectivity index (χ4n) is 3.23. The molecule has 4 rings (SSSR count). The Morgan fingerprint density at radius 2 is 1.44 bits per heavy atom. The highest BCUT2D eigenvalue weighted by Crippen LogP contribution is 2.38. The summed E-state index contributed by atoms with van der Waals surface area (Å²) >= 11 is 1.37. The number of carbonyl (C=O) groups is 1. The van der Waals surface area contributed by atoms with Gasteiger partial charge in [-0.25, -0.2) is 4.99 Å². The molecule has 1 saturated heterocycles. The molecule has 0 bridgehead atoms. The van der Waals surface area contributed by atoms with Crippen LogP contribution in [0.25, 0.3) is 6.08 Å². The number of ether oxygens (including phenoxy) is 2. The molecular formula is C26H24N2O3S. The molecule has 5 nitrogen and oxygen atoms in total. The van der Waals surface area contributed by atoms with Crippen LogP contribution in [0, 0.1) is 0 Å². The van der Waals surface area contributed by atoms with E-state index in [1.165, 1.54) is 11.8 Å². The van der Waals surface area contributed by atoms with Crippen LogP contribution in [0.5, 0.6) is 11.5 Å². The number of amidine groups is 1. The lowest BCUT2D eigenvalue weighted by Gasteiger charge is -2.16. The molecule has 3 aromatic carbocycles. The zero-order valence-electron chi connectivity index (χ0n) is 18.0. The fraction of sp³-hybridized carbons (Fsp3) is 0.154. The number of amides is 1. The van der Waals surface area contributed by atoms with Crippen LogP contribution in [-0.2, 0) is 4.79 Å². The summed E-state index contributed by atoms with van der Waals surface area (Å²) in [7, 11) is 0. The summed E-state index contributed by atoms with van der Waals surface area (Å²) in [4.78, 5) is 20.4. The average molecular weight is 445 g/mol. The second-order valence-electron chi connectivity index (χ2n) is 6.91. The van der Waals surface area contributed by atoms with Crippen molar-refractivity contribution < 1.29 is 14.3 Å². The predicted octanol–water partition coefficient (Wildman–Crippen LogP) is 6.29. The van der Waals surface area contributed by atoms with E-state index in [0.29, 0.717) is 23.3 Å². The molecule has 3 aromatic rings. The van der Waals surface area contributed by atoms with Gasteiger partial charge in [-0.3, -0.25) is 9.69 Å². The van der Waals surface area contributed by atoms with E-state index in [2.05, 4.69) is 0 Å². The lowest BCUT2D eigenvalue weighted by molar-refractivity contribution is -0.113. The Morgan fingerprint density at radius 3 is 2.03 bits per heavy atom. The summed E-state index contributed by atoms with van der Waals surface area (Å²) in [6, 6.07) is 24.8. The van der Waals surface area contributed by atoms with Gasteiger partial charge in [0, 0.05) is 0 Å². The van der Waals surface area contributed by atoms with Crippen LogP contribution in [0.1, 0.15) is 19.4 Å². The molecule has 6 heteroatoms. The molecule has 0 saturated carbocycles. The topological polar surface area (TPSA) is 51.1 Å². The number of anilines is 1. The second kappa shape index (κ2) is 10.2. The Kier molecular flexibility index (Phi) is 6.92. The molecular weight excluding hydrogens is 420 g/mol. The number of aliphatic imine (C=N–C) groups is 1. The molecule has 0 aromatic heterocycles. The maximum atomic E-state index is 13.4. The third kappa shape index (κ3) is 5.03. The van der Waals surface area contributed by atoms with Crippen molar-refractivity contribution in [3.8, 4) is 11.5 Å². The highest BCUT2D eigenvalue weighted by Gasteiger charge is 2.34. The summed E-state index contributed by atoms with van der Waals surface area (Å²) in [6.45, 7) is 5.09. The van der Waals surface area contributed by atoms with E-state index in [1.54, 1.807) is 4.90 Å². The minimum absolute atomic E-state index is 0.104. The first-order chi connectivity index (χ1) is 15.7. The monoisotopic (exact) mass is 444 g/mol. The molecule has 1 aliphatic rings. The maximum absolute atomic E-state index is 13.4. The van der Waals surface area contributed by atoms with Gasteiger partial charge in [0.05, 0.1) is 29.5 Å². The molecule has 0 spiro atoms. The number of thioether (sulfide) groups is 1. The van der Waals surface area contributed by atoms with E-state index >= 15 is 0 Å². The fourth-order valence-corrected chi connectivity index (χ4v) is 4.23. The largest absolute Gasteiger partial charge is 0.494 e. The first kappa shape index (κ1) is 21.7. The zero-order valence-corrected chi connectivity index (χ0v) is 18.8. The van der Waals surface area contributed by atoms with E-state index < -0.39 is 0 Å². The quantitative estimate of drug-likeness (QED) is 0.402. The molecule has 1 fully saturated rings. The van der Waals surface area contributed by atoms with E-state index in [1.807, 2.05) is 98.8 Å². The van der Waals surface area contributed by atoms with Crippen molar-refractivity contribution in [1.29, 1.82) is 0 Å². The van der Waals surface area contributed by atoms with Crippen molar-refractivity contribution >= 4 is 40.3 Å². The molecule has 0 N–H and O–H groups in total. The lowest BCUT2D eigenvalue weighted by atomic mass is 10.2. The molecule has 0 unspecified atom stereocenters. The van der Waals surface area contributed by atoms with Crippen LogP contribution < -0.4 is 14.4 Å². The van der Waals surface area contributed by atoms with Crippen molar-refractivity contribution in [3.63, 3.8) is 0 Å². The van der Waals surface area contributed by atoms with Gasteiger partial charge in [-0.15, -0.1) is 0 Å². The number of rotatable bonds is 7. The second-order valence-corrected chi connectivity index (χ2v) is 7.92. The predicted molar refractivity (Wildman–Crippen MR) is 132 cm³/mol. The minimum Gasteiger partial charge on any atom is -0.494 e. The van der Waals surface area contributed by atoms with Crippen LogP contribution in [0.2, 0.25) is 0 Å². The Morgan fingerprint density at radius 1 is 0.844 bits per heavy atom. The van der Waals surface area contributed by atoms with E-state index in [-0.39, 0.29) is 5.91 Å². The summed E-state index contributed by atoms with van der Waals surface area (Å²) in [5.74, 6) is 1.45. The van der Waals surface area contributed by atoms with Crippen LogP contribution in [0.3, 0.4) is 0 Å². The van der Waals surface area contributed by atoms with Gasteiger partial charge in [0.2, 0.25) is 0 Å². The van der Waals surface area contributed by atoms with Gasteiger partial charge in [0.1, 0.15) is 11.5 Å². The Labute approximate surface area is 192 Å². The highest BCUT2D eigenvalue weighted by molar-refractivity contribution is 8.19. The number of hydrogen-bond acceptors (Lipinski definition) is 5. The molecule has 0 atom stereocenters. The number of nitrogens with zero attached hydrogens (tertiary/aromatic N) is 2. The first-order valence-electron chi connectivity index (χ1n) is 10.5. The summed E-state index contributed by atoms with van der Waals surface area (Å²) in [5, 5.41) is 0.602. The molecule has 32 heavy (non-hydrogen) atoms. The van der Waals surface area contributed by atoms with Crippen LogP contribution in [-0.4, -0.2) is 24.3 Å². The molecule has 162 valence electrons. The van der Waals surface area contributed by atoms with Crippen molar-refractivity contribution in [2.45, 2.75) is 13.8 Å². The third-order valence-corrected chi connectivity index (χ3v) is 5.65. The van der Waals surface area contributed by atoms with E-state index in [4.69, 9.17) is 14.5 Å². The molecule has 1 heterocycles. The summed E-state index contributed by atoms with van der Waals surface area (Å²) in [5.41, 5.74) is 2.46. The summed E-state index contributed by atoms with van der Waals surface area (Å²) in [6.07, 6.45) is 1.90. The molecule has 1 aliphatic heterocycles. The summed E-state index contributed by atoms with van der Waals surface area (Å²) < 4.78 is 11.1. The van der Waals surface area contributed by atoms with E-state index in [9.17, 15) is 4.79 Å². The SMILES string of the molecule is CCOc1ccc(N=C2S/C(=C/c3ccccc3)C(=O)N2c2ccc(OCC)cc2)cc1. The van der Waals surface area contributed by atoms with Gasteiger partial charge in [-0.1, -0.05) is 30.3 Å². The molecule has 0 radical (unpaired) electrons. The van der Waals surface area contributed by atoms with Gasteiger partial charge in [-0.05, 0) is 85.8 Å². The average Bonchev–Trinajstić information content (AvgIpc) is 3.11. The van der Waals surface area contributed by atoms with Crippen molar-refractivity contribution in [2.75, 3.05) is 18.1 Å². The number of hydrogen-bond donors (Lipinski definition) is 0. The smallest absolute Gasteiger partial charge is 0.271 e. The number of benzene rings is 3. The maximum Gasteiger partial charge on any atom is 0.271 e. The standard InChI is InChI=1S/C26H24N2O3S/c1-3-30-22-14-10-20(11-15-22)27-26-28(21-12-16-23(17-13-21)31-4-2)25(29)24(32-26)18-19-8-6-5-7-9-19/h5-18H,3-4H2,1-2H3/b24-18+,27-26?. The Balaban J connectivity index is 1.70. The Hall–Kier alpha value is -3.51. The zero-order chi connectivity index (χ0) is 22.3. The first-order valence-corrected chi connectivity index (χ1v) is 11.3. The molecule has 1 amide bonds. The van der Waals surface area contributed by atoms with Gasteiger partial charge in [-0.2, -0.15) is 0 Å². The van der Waals surface area contributed by atoms with Crippen LogP contribution >= 0.6 is 11.8 Å². The molecule has 0 aliphatic carbocycles. The van der Waals surface area contributed by atoms with Crippen LogP contribution in [0.15, 0.2) is 88.8 Å². The highest BCUT2D eigenvalue weighted by atomic mass is 32.2. The van der Waals surface area contributed by atoms with Gasteiger partial charge >= 0.3 is 0 Å². The van der Waals surface area contributed by atoms with Crippen molar-refractivity contribution in [3.05, 3.63) is 89.3 Å².